The number of amides is 2. The van der Waals surface area contributed by atoms with E-state index in [4.69, 9.17) is 16.3 Å². The van der Waals surface area contributed by atoms with E-state index in [1.807, 2.05) is 50.2 Å². The van der Waals surface area contributed by atoms with Gasteiger partial charge in [-0.25, -0.2) is 0 Å². The van der Waals surface area contributed by atoms with Crippen LogP contribution in [0.4, 0.5) is 0 Å². The number of nitrogens with zero attached hydrogens (tertiary/aromatic N) is 1. The number of carbonyl (C=O) groups excluding carboxylic acids is 2. The molecule has 0 radical (unpaired) electrons. The second-order valence-electron chi connectivity index (χ2n) is 7.01. The van der Waals surface area contributed by atoms with Gasteiger partial charge in [0, 0.05) is 17.6 Å². The van der Waals surface area contributed by atoms with Crippen LogP contribution in [0.3, 0.4) is 0 Å². The third-order valence-electron chi connectivity index (χ3n) is 4.38. The molecular formula is C22H27ClN2O3. The van der Waals surface area contributed by atoms with E-state index in [0.717, 1.165) is 16.9 Å². The third kappa shape index (κ3) is 6.27. The summed E-state index contributed by atoms with van der Waals surface area (Å²) in [5.41, 5.74) is 1.78. The molecule has 0 bridgehead atoms. The molecule has 0 aliphatic rings. The van der Waals surface area contributed by atoms with E-state index < -0.39 is 6.04 Å². The van der Waals surface area contributed by atoms with Crippen LogP contribution in [-0.2, 0) is 22.6 Å². The summed E-state index contributed by atoms with van der Waals surface area (Å²) in [5, 5.41) is 3.51. The smallest absolute Gasteiger partial charge is 0.242 e. The molecule has 1 atom stereocenters. The van der Waals surface area contributed by atoms with Crippen molar-refractivity contribution in [2.75, 3.05) is 7.11 Å². The molecule has 2 aromatic rings. The topological polar surface area (TPSA) is 58.6 Å². The maximum absolute atomic E-state index is 13.1. The molecule has 0 heterocycles. The summed E-state index contributed by atoms with van der Waals surface area (Å²) in [7, 11) is 1.60. The zero-order valence-electron chi connectivity index (χ0n) is 16.7. The number of methoxy groups -OCH3 is 1. The van der Waals surface area contributed by atoms with E-state index >= 15 is 0 Å². The molecule has 2 amide bonds. The van der Waals surface area contributed by atoms with Crippen LogP contribution in [0.1, 0.15) is 31.9 Å². The molecule has 28 heavy (non-hydrogen) atoms. The number of benzene rings is 2. The lowest BCUT2D eigenvalue weighted by atomic mass is 10.1. The molecule has 0 fully saturated rings. The lowest BCUT2D eigenvalue weighted by Gasteiger charge is -2.29. The van der Waals surface area contributed by atoms with E-state index in [0.29, 0.717) is 11.6 Å². The number of rotatable bonds is 8. The van der Waals surface area contributed by atoms with Gasteiger partial charge in [0.2, 0.25) is 11.8 Å². The quantitative estimate of drug-likeness (QED) is 0.729. The van der Waals surface area contributed by atoms with Crippen molar-refractivity contribution < 1.29 is 14.3 Å². The van der Waals surface area contributed by atoms with Gasteiger partial charge in [0.25, 0.3) is 0 Å². The number of nitrogens with one attached hydrogen (secondary N) is 1. The average molecular weight is 403 g/mol. The van der Waals surface area contributed by atoms with Crippen LogP contribution in [0.25, 0.3) is 0 Å². The van der Waals surface area contributed by atoms with E-state index in [-0.39, 0.29) is 24.3 Å². The standard InChI is InChI=1S/C22H27ClN2O3/c1-15(2)24-22(27)16(3)25(14-18-5-9-19(23)10-6-18)21(26)13-17-7-11-20(28-4)12-8-17/h5-12,15-16H,13-14H2,1-4H3,(H,24,27)/t16-/m1/s1. The van der Waals surface area contributed by atoms with Gasteiger partial charge in [-0.1, -0.05) is 35.9 Å². The summed E-state index contributed by atoms with van der Waals surface area (Å²) in [6, 6.07) is 14.1. The van der Waals surface area contributed by atoms with Crippen molar-refractivity contribution in [1.82, 2.24) is 10.2 Å². The monoisotopic (exact) mass is 402 g/mol. The average Bonchev–Trinajstić information content (AvgIpc) is 2.67. The van der Waals surface area contributed by atoms with Crippen molar-refractivity contribution >= 4 is 23.4 Å². The first-order valence-electron chi connectivity index (χ1n) is 9.27. The van der Waals surface area contributed by atoms with Crippen molar-refractivity contribution in [3.05, 3.63) is 64.7 Å². The molecule has 0 spiro atoms. The van der Waals surface area contributed by atoms with Gasteiger partial charge >= 0.3 is 0 Å². The Kier molecular flexibility index (Phi) is 7.88. The van der Waals surface area contributed by atoms with Gasteiger partial charge in [0.15, 0.2) is 0 Å². The zero-order chi connectivity index (χ0) is 20.7. The van der Waals surface area contributed by atoms with Gasteiger partial charge in [-0.05, 0) is 56.2 Å². The van der Waals surface area contributed by atoms with Crippen molar-refractivity contribution in [1.29, 1.82) is 0 Å². The summed E-state index contributed by atoms with van der Waals surface area (Å²) in [5.74, 6) is 0.442. The predicted molar refractivity (Wildman–Crippen MR) is 111 cm³/mol. The van der Waals surface area contributed by atoms with Crippen LogP contribution in [0.5, 0.6) is 5.75 Å². The van der Waals surface area contributed by atoms with Crippen LogP contribution in [-0.4, -0.2) is 35.9 Å². The highest BCUT2D eigenvalue weighted by Gasteiger charge is 2.26. The molecule has 0 aromatic heterocycles. The summed E-state index contributed by atoms with van der Waals surface area (Å²) < 4.78 is 5.16. The fraction of sp³-hybridized carbons (Fsp3) is 0.364. The van der Waals surface area contributed by atoms with Crippen molar-refractivity contribution in [3.63, 3.8) is 0 Å². The molecule has 6 heteroatoms. The first-order valence-corrected chi connectivity index (χ1v) is 9.65. The van der Waals surface area contributed by atoms with Crippen LogP contribution in [0.15, 0.2) is 48.5 Å². The molecule has 0 aliphatic heterocycles. The highest BCUT2D eigenvalue weighted by Crippen LogP contribution is 2.17. The minimum atomic E-state index is -0.594. The number of hydrogen-bond acceptors (Lipinski definition) is 3. The Balaban J connectivity index is 2.20. The molecule has 0 unspecified atom stereocenters. The number of carbonyl (C=O) groups is 2. The SMILES string of the molecule is COc1ccc(CC(=O)N(Cc2ccc(Cl)cc2)[C@H](C)C(=O)NC(C)C)cc1. The van der Waals surface area contributed by atoms with Crippen molar-refractivity contribution in [2.24, 2.45) is 0 Å². The lowest BCUT2D eigenvalue weighted by molar-refractivity contribution is -0.140. The minimum Gasteiger partial charge on any atom is -0.497 e. The lowest BCUT2D eigenvalue weighted by Crippen LogP contribution is -2.49. The Labute approximate surface area is 171 Å². The number of halogens is 1. The molecule has 5 nitrogen and oxygen atoms in total. The first-order chi connectivity index (χ1) is 13.3. The van der Waals surface area contributed by atoms with E-state index in [1.54, 1.807) is 31.1 Å². The molecule has 0 aliphatic carbocycles. The van der Waals surface area contributed by atoms with Gasteiger partial charge in [0.05, 0.1) is 13.5 Å². The minimum absolute atomic E-state index is 0.00372. The summed E-state index contributed by atoms with van der Waals surface area (Å²) in [6.45, 7) is 5.87. The van der Waals surface area contributed by atoms with E-state index in [9.17, 15) is 9.59 Å². The summed E-state index contributed by atoms with van der Waals surface area (Å²) in [6.07, 6.45) is 0.205. The fourth-order valence-electron chi connectivity index (χ4n) is 2.79. The third-order valence-corrected chi connectivity index (χ3v) is 4.63. The summed E-state index contributed by atoms with van der Waals surface area (Å²) in [4.78, 5) is 27.2. The maximum Gasteiger partial charge on any atom is 0.242 e. The molecule has 0 saturated heterocycles. The van der Waals surface area contributed by atoms with E-state index in [1.165, 1.54) is 0 Å². The van der Waals surface area contributed by atoms with Crippen LogP contribution in [0.2, 0.25) is 5.02 Å². The maximum atomic E-state index is 13.1. The van der Waals surface area contributed by atoms with Gasteiger partial charge in [0.1, 0.15) is 11.8 Å². The molecule has 2 aromatic carbocycles. The van der Waals surface area contributed by atoms with Gasteiger partial charge in [-0.3, -0.25) is 9.59 Å². The van der Waals surface area contributed by atoms with Gasteiger partial charge in [-0.2, -0.15) is 0 Å². The summed E-state index contributed by atoms with van der Waals surface area (Å²) >= 11 is 5.96. The fourth-order valence-corrected chi connectivity index (χ4v) is 2.92. The second-order valence-corrected chi connectivity index (χ2v) is 7.45. The largest absolute Gasteiger partial charge is 0.497 e. The van der Waals surface area contributed by atoms with Crippen molar-refractivity contribution in [2.45, 2.75) is 45.8 Å². The molecule has 1 N–H and O–H groups in total. The van der Waals surface area contributed by atoms with Crippen molar-refractivity contribution in [3.8, 4) is 5.75 Å². The molecule has 150 valence electrons. The van der Waals surface area contributed by atoms with E-state index in [2.05, 4.69) is 5.32 Å². The Bertz CT molecular complexity index is 788. The highest BCUT2D eigenvalue weighted by atomic mass is 35.5. The van der Waals surface area contributed by atoms with Gasteiger partial charge < -0.3 is 15.0 Å². The normalized spacial score (nSPS) is 11.8. The first kappa shape index (κ1) is 21.8. The Morgan fingerprint density at radius 2 is 1.57 bits per heavy atom. The molecule has 0 saturated carbocycles. The molecular weight excluding hydrogens is 376 g/mol. The number of ether oxygens (including phenoxy) is 1. The van der Waals surface area contributed by atoms with Crippen LogP contribution < -0.4 is 10.1 Å². The van der Waals surface area contributed by atoms with Crippen LogP contribution >= 0.6 is 11.6 Å². The predicted octanol–water partition coefficient (Wildman–Crippen LogP) is 3.83. The Hall–Kier alpha value is -2.53. The Morgan fingerprint density at radius 1 is 1.00 bits per heavy atom. The second kappa shape index (κ2) is 10.1. The van der Waals surface area contributed by atoms with Gasteiger partial charge in [-0.15, -0.1) is 0 Å². The number of hydrogen-bond donors (Lipinski definition) is 1. The Morgan fingerprint density at radius 3 is 2.11 bits per heavy atom. The highest BCUT2D eigenvalue weighted by molar-refractivity contribution is 6.30. The zero-order valence-corrected chi connectivity index (χ0v) is 17.5. The molecule has 2 rings (SSSR count). The van der Waals surface area contributed by atoms with Crippen LogP contribution in [0, 0.1) is 0 Å².